The van der Waals surface area contributed by atoms with Crippen LogP contribution in [0.25, 0.3) is 0 Å². The lowest BCUT2D eigenvalue weighted by Crippen LogP contribution is -2.37. The van der Waals surface area contributed by atoms with Gasteiger partial charge in [-0.15, -0.1) is 0 Å². The number of benzene rings is 1. The summed E-state index contributed by atoms with van der Waals surface area (Å²) in [6.45, 7) is 2.94. The molecule has 2 N–H and O–H groups in total. The molecule has 0 aliphatic rings. The van der Waals surface area contributed by atoms with Crippen LogP contribution in [0.5, 0.6) is 0 Å². The van der Waals surface area contributed by atoms with Crippen LogP contribution < -0.4 is 10.6 Å². The van der Waals surface area contributed by atoms with Crippen molar-refractivity contribution in [3.8, 4) is 0 Å². The second kappa shape index (κ2) is 10.8. The number of hydrogen-bond acceptors (Lipinski definition) is 6. The van der Waals surface area contributed by atoms with Crippen molar-refractivity contribution in [3.05, 3.63) is 95.6 Å². The van der Waals surface area contributed by atoms with E-state index >= 15 is 0 Å². The molecule has 1 amide bonds. The van der Waals surface area contributed by atoms with Gasteiger partial charge in [-0.05, 0) is 53.9 Å². The first-order valence-corrected chi connectivity index (χ1v) is 9.73. The molecule has 0 bridgehead atoms. The van der Waals surface area contributed by atoms with E-state index in [4.69, 9.17) is 4.74 Å². The van der Waals surface area contributed by atoms with Crippen molar-refractivity contribution in [3.63, 3.8) is 0 Å². The van der Waals surface area contributed by atoms with Crippen molar-refractivity contribution < 1.29 is 14.3 Å². The highest BCUT2D eigenvalue weighted by atomic mass is 16.5. The molecular formula is C23H24N4O3. The molecule has 2 heterocycles. The van der Waals surface area contributed by atoms with Gasteiger partial charge in [0.2, 0.25) is 5.91 Å². The van der Waals surface area contributed by atoms with Crippen LogP contribution >= 0.6 is 0 Å². The molecule has 1 atom stereocenters. The molecule has 0 saturated carbocycles. The number of hydrogen-bond donors (Lipinski definition) is 2. The zero-order valence-electron chi connectivity index (χ0n) is 16.7. The molecule has 3 aromatic rings. The number of carbonyl (C=O) groups excluding carboxylic acids is 2. The Labute approximate surface area is 175 Å². The minimum atomic E-state index is -0.592. The molecule has 0 aliphatic heterocycles. The van der Waals surface area contributed by atoms with E-state index < -0.39 is 6.04 Å². The topological polar surface area (TPSA) is 93.2 Å². The summed E-state index contributed by atoms with van der Waals surface area (Å²) in [5, 5.41) is 6.24. The zero-order valence-corrected chi connectivity index (χ0v) is 16.7. The minimum Gasteiger partial charge on any atom is -0.462 e. The minimum absolute atomic E-state index is 0.170. The number of esters is 1. The summed E-state index contributed by atoms with van der Waals surface area (Å²) in [7, 11) is 0. The lowest BCUT2D eigenvalue weighted by molar-refractivity contribution is -0.123. The van der Waals surface area contributed by atoms with Crippen LogP contribution in [0.4, 0.5) is 0 Å². The van der Waals surface area contributed by atoms with E-state index in [1.165, 1.54) is 0 Å². The molecule has 0 fully saturated rings. The van der Waals surface area contributed by atoms with Crippen LogP contribution in [-0.4, -0.2) is 28.5 Å². The summed E-state index contributed by atoms with van der Waals surface area (Å²) in [6, 6.07) is 13.8. The summed E-state index contributed by atoms with van der Waals surface area (Å²) >= 11 is 0. The Morgan fingerprint density at radius 3 is 2.37 bits per heavy atom. The first-order valence-electron chi connectivity index (χ1n) is 9.73. The smallest absolute Gasteiger partial charge is 0.338 e. The maximum absolute atomic E-state index is 13.0. The fraction of sp³-hybridized carbons (Fsp3) is 0.217. The molecule has 0 aliphatic carbocycles. The average molecular weight is 404 g/mol. The molecule has 30 heavy (non-hydrogen) atoms. The van der Waals surface area contributed by atoms with Crippen LogP contribution in [0, 0.1) is 0 Å². The molecule has 2 aromatic heterocycles. The van der Waals surface area contributed by atoms with E-state index in [0.29, 0.717) is 25.3 Å². The Hall–Kier alpha value is -3.58. The van der Waals surface area contributed by atoms with Gasteiger partial charge < -0.3 is 10.1 Å². The molecule has 3 rings (SSSR count). The predicted octanol–water partition coefficient (Wildman–Crippen LogP) is 2.80. The second-order valence-electron chi connectivity index (χ2n) is 6.59. The fourth-order valence-corrected chi connectivity index (χ4v) is 2.90. The van der Waals surface area contributed by atoms with Crippen molar-refractivity contribution >= 4 is 11.9 Å². The van der Waals surface area contributed by atoms with E-state index in [-0.39, 0.29) is 11.9 Å². The average Bonchev–Trinajstić information content (AvgIpc) is 2.80. The van der Waals surface area contributed by atoms with Crippen molar-refractivity contribution in [1.82, 2.24) is 20.6 Å². The highest BCUT2D eigenvalue weighted by Gasteiger charge is 2.20. The quantitative estimate of drug-likeness (QED) is 0.533. The Balaban J connectivity index is 1.74. The van der Waals surface area contributed by atoms with E-state index in [1.807, 2.05) is 24.3 Å². The van der Waals surface area contributed by atoms with Crippen molar-refractivity contribution in [1.29, 1.82) is 0 Å². The predicted molar refractivity (Wildman–Crippen MR) is 112 cm³/mol. The maximum Gasteiger partial charge on any atom is 0.338 e. The Morgan fingerprint density at radius 2 is 1.70 bits per heavy atom. The highest BCUT2D eigenvalue weighted by Crippen LogP contribution is 2.16. The molecule has 1 unspecified atom stereocenters. The fourth-order valence-electron chi connectivity index (χ4n) is 2.90. The summed E-state index contributed by atoms with van der Waals surface area (Å²) in [5.74, 6) is -0.553. The number of carbonyl (C=O) groups is 2. The van der Waals surface area contributed by atoms with Crippen LogP contribution in [-0.2, 0) is 22.6 Å². The van der Waals surface area contributed by atoms with E-state index in [9.17, 15) is 9.59 Å². The maximum atomic E-state index is 13.0. The van der Waals surface area contributed by atoms with Crippen LogP contribution in [0.1, 0.15) is 40.0 Å². The summed E-state index contributed by atoms with van der Waals surface area (Å²) < 4.78 is 5.02. The lowest BCUT2D eigenvalue weighted by atomic mass is 10.0. The third kappa shape index (κ3) is 5.96. The van der Waals surface area contributed by atoms with Gasteiger partial charge in [0, 0.05) is 37.9 Å². The molecule has 0 radical (unpaired) electrons. The van der Waals surface area contributed by atoms with Gasteiger partial charge in [0.15, 0.2) is 0 Å². The van der Waals surface area contributed by atoms with Crippen LogP contribution in [0.3, 0.4) is 0 Å². The van der Waals surface area contributed by atoms with E-state index in [0.717, 1.165) is 16.7 Å². The van der Waals surface area contributed by atoms with Gasteiger partial charge in [-0.2, -0.15) is 0 Å². The monoisotopic (exact) mass is 404 g/mol. The largest absolute Gasteiger partial charge is 0.462 e. The third-order valence-corrected chi connectivity index (χ3v) is 4.47. The van der Waals surface area contributed by atoms with E-state index in [1.54, 1.807) is 56.0 Å². The standard InChI is InChI=1S/C23H24N4O3/c1-2-30-23(29)20-7-5-19(6-8-20)21(26-15-17-9-12-24-13-10-17)22(28)27-16-18-4-3-11-25-14-18/h3-14,21,26H,2,15-16H2,1H3,(H,27,28). The Morgan fingerprint density at radius 1 is 0.933 bits per heavy atom. The Bertz CT molecular complexity index is 947. The number of amides is 1. The molecule has 1 aromatic carbocycles. The molecule has 7 nitrogen and oxygen atoms in total. The number of nitrogens with one attached hydrogen (secondary N) is 2. The number of aromatic nitrogens is 2. The zero-order chi connectivity index (χ0) is 21.2. The van der Waals surface area contributed by atoms with Gasteiger partial charge in [-0.25, -0.2) is 4.79 Å². The van der Waals surface area contributed by atoms with Crippen molar-refractivity contribution in [2.45, 2.75) is 26.1 Å². The van der Waals surface area contributed by atoms with Crippen molar-refractivity contribution in [2.75, 3.05) is 6.61 Å². The van der Waals surface area contributed by atoms with Gasteiger partial charge in [0.25, 0.3) is 0 Å². The van der Waals surface area contributed by atoms with Crippen molar-refractivity contribution in [2.24, 2.45) is 0 Å². The third-order valence-electron chi connectivity index (χ3n) is 4.47. The summed E-state index contributed by atoms with van der Waals surface area (Å²) in [6.07, 6.45) is 6.83. The number of pyridine rings is 2. The second-order valence-corrected chi connectivity index (χ2v) is 6.59. The lowest BCUT2D eigenvalue weighted by Gasteiger charge is -2.19. The SMILES string of the molecule is CCOC(=O)c1ccc(C(NCc2ccncc2)C(=O)NCc2cccnc2)cc1. The van der Waals surface area contributed by atoms with E-state index in [2.05, 4.69) is 20.6 Å². The van der Waals surface area contributed by atoms with Gasteiger partial charge in [-0.1, -0.05) is 18.2 Å². The van der Waals surface area contributed by atoms with Crippen LogP contribution in [0.2, 0.25) is 0 Å². The molecular weight excluding hydrogens is 380 g/mol. The Kier molecular flexibility index (Phi) is 7.63. The molecule has 0 saturated heterocycles. The first kappa shape index (κ1) is 21.1. The van der Waals surface area contributed by atoms with Crippen LogP contribution in [0.15, 0.2) is 73.3 Å². The highest BCUT2D eigenvalue weighted by molar-refractivity contribution is 5.90. The normalized spacial score (nSPS) is 11.5. The van der Waals surface area contributed by atoms with Gasteiger partial charge >= 0.3 is 5.97 Å². The molecule has 154 valence electrons. The molecule has 0 spiro atoms. The van der Waals surface area contributed by atoms with Gasteiger partial charge in [0.1, 0.15) is 6.04 Å². The van der Waals surface area contributed by atoms with Gasteiger partial charge in [0.05, 0.1) is 12.2 Å². The van der Waals surface area contributed by atoms with Gasteiger partial charge in [-0.3, -0.25) is 20.1 Å². The molecule has 7 heteroatoms. The number of ether oxygens (including phenoxy) is 1. The number of rotatable bonds is 9. The first-order chi connectivity index (χ1) is 14.7. The summed E-state index contributed by atoms with van der Waals surface area (Å²) in [5.41, 5.74) is 3.12. The summed E-state index contributed by atoms with van der Waals surface area (Å²) in [4.78, 5) is 32.9. The number of nitrogens with zero attached hydrogens (tertiary/aromatic N) is 2.